The molecule has 5 rings (SSSR count). The molecule has 4 aromatic carbocycles. The van der Waals surface area contributed by atoms with Crippen molar-refractivity contribution >= 4 is 44.3 Å². The maximum absolute atomic E-state index is 13.4. The Hall–Kier alpha value is -3.87. The molecule has 0 bridgehead atoms. The molecule has 6 heteroatoms. The Balaban J connectivity index is 1.49. The quantitative estimate of drug-likeness (QED) is 0.131. The molecule has 0 aliphatic heterocycles. The van der Waals surface area contributed by atoms with Crippen LogP contribution in [-0.2, 0) is 24.3 Å². The smallest absolute Gasteiger partial charge is 0.252 e. The molecular formula is C32H28N2O2S2. The number of carbonyl (C=O) groups excluding carboxylic acids is 1. The van der Waals surface area contributed by atoms with E-state index >= 15 is 0 Å². The van der Waals surface area contributed by atoms with Gasteiger partial charge in [0.15, 0.2) is 5.17 Å². The molecule has 1 aromatic heterocycles. The van der Waals surface area contributed by atoms with Gasteiger partial charge in [0.2, 0.25) is 0 Å². The molecule has 1 N–H and O–H groups in total. The minimum absolute atomic E-state index is 0.174. The van der Waals surface area contributed by atoms with E-state index < -0.39 is 0 Å². The Morgan fingerprint density at radius 1 is 0.842 bits per heavy atom. The van der Waals surface area contributed by atoms with Gasteiger partial charge in [-0.2, -0.15) is 4.99 Å². The summed E-state index contributed by atoms with van der Waals surface area (Å²) in [4.78, 5) is 21.3. The molecule has 0 radical (unpaired) electrons. The Labute approximate surface area is 231 Å². The molecule has 1 amide bonds. The van der Waals surface area contributed by atoms with E-state index in [1.54, 1.807) is 23.5 Å². The Kier molecular flexibility index (Phi) is 8.22. The molecule has 0 unspecified atom stereocenters. The minimum Gasteiger partial charge on any atom is -0.508 e. The summed E-state index contributed by atoms with van der Waals surface area (Å²) in [5.41, 5.74) is 4.33. The van der Waals surface area contributed by atoms with E-state index in [2.05, 4.69) is 65.7 Å². The summed E-state index contributed by atoms with van der Waals surface area (Å²) < 4.78 is 1.17. The number of rotatable bonds is 7. The fraction of sp³-hybridized carbons (Fsp3) is 0.125. The molecule has 0 spiro atoms. The first-order valence-corrected chi connectivity index (χ1v) is 14.1. The Morgan fingerprint density at radius 2 is 1.50 bits per heavy atom. The summed E-state index contributed by atoms with van der Waals surface area (Å²) in [5.74, 6) is 0.0522. The van der Waals surface area contributed by atoms with Crippen LogP contribution in [0, 0.1) is 6.92 Å². The molecule has 1 heterocycles. The van der Waals surface area contributed by atoms with Gasteiger partial charge in [0.1, 0.15) is 5.75 Å². The van der Waals surface area contributed by atoms with Gasteiger partial charge in [-0.15, -0.1) is 11.3 Å². The van der Waals surface area contributed by atoms with Gasteiger partial charge in [0, 0.05) is 22.7 Å². The molecule has 4 nitrogen and oxygen atoms in total. The summed E-state index contributed by atoms with van der Waals surface area (Å²) in [7, 11) is 0. The summed E-state index contributed by atoms with van der Waals surface area (Å²) in [6, 6.07) is 33.8. The number of aryl methyl sites for hydroxylation is 1. The largest absolute Gasteiger partial charge is 0.508 e. The van der Waals surface area contributed by atoms with Crippen molar-refractivity contribution < 1.29 is 9.90 Å². The van der Waals surface area contributed by atoms with Crippen molar-refractivity contribution in [1.82, 2.24) is 4.90 Å². The van der Waals surface area contributed by atoms with E-state index in [-0.39, 0.29) is 18.1 Å². The van der Waals surface area contributed by atoms with E-state index in [0.717, 1.165) is 27.0 Å². The number of benzene rings is 4. The maximum atomic E-state index is 13.4. The molecule has 0 saturated carbocycles. The first-order chi connectivity index (χ1) is 18.5. The second-order valence-corrected chi connectivity index (χ2v) is 11.1. The van der Waals surface area contributed by atoms with Crippen molar-refractivity contribution in [3.05, 3.63) is 131 Å². The van der Waals surface area contributed by atoms with Crippen LogP contribution in [-0.4, -0.2) is 21.1 Å². The third-order valence-corrected chi connectivity index (χ3v) is 8.20. The normalized spacial score (nSPS) is 11.6. The molecule has 0 aliphatic carbocycles. The lowest BCUT2D eigenvalue weighted by Crippen LogP contribution is -2.29. The number of aromatic hydroxyl groups is 1. The zero-order valence-corrected chi connectivity index (χ0v) is 22.7. The van der Waals surface area contributed by atoms with Gasteiger partial charge in [0.25, 0.3) is 5.91 Å². The SMILES string of the molecule is Cc1ccc(SC(=NC(=O)Cc2csc3ccccc23)N(Cc2ccccc2)Cc2ccc(O)cc2)cc1. The van der Waals surface area contributed by atoms with Crippen LogP contribution in [0.1, 0.15) is 22.3 Å². The molecule has 0 aliphatic rings. The van der Waals surface area contributed by atoms with Gasteiger partial charge < -0.3 is 10.0 Å². The number of hydrogen-bond donors (Lipinski definition) is 1. The number of carbonyl (C=O) groups is 1. The van der Waals surface area contributed by atoms with E-state index in [1.807, 2.05) is 42.5 Å². The van der Waals surface area contributed by atoms with Gasteiger partial charge >= 0.3 is 0 Å². The van der Waals surface area contributed by atoms with Crippen molar-refractivity contribution in [2.24, 2.45) is 4.99 Å². The molecule has 190 valence electrons. The van der Waals surface area contributed by atoms with Gasteiger partial charge in [-0.3, -0.25) is 4.79 Å². The average Bonchev–Trinajstić information content (AvgIpc) is 3.33. The lowest BCUT2D eigenvalue weighted by atomic mass is 10.1. The van der Waals surface area contributed by atoms with Crippen molar-refractivity contribution in [2.45, 2.75) is 31.3 Å². The van der Waals surface area contributed by atoms with E-state index in [0.29, 0.717) is 18.3 Å². The zero-order valence-electron chi connectivity index (χ0n) is 21.1. The molecule has 5 aromatic rings. The first kappa shape index (κ1) is 25.8. The fourth-order valence-electron chi connectivity index (χ4n) is 4.17. The standard InChI is InChI=1S/C32H28N2O2S2/c1-23-11-17-28(18-12-23)38-32(33-31(36)19-26-22-37-30-10-6-5-9-29(26)30)34(20-24-7-3-2-4-8-24)21-25-13-15-27(35)16-14-25/h2-18,22,35H,19-21H2,1H3. The monoisotopic (exact) mass is 536 g/mol. The summed E-state index contributed by atoms with van der Waals surface area (Å²) in [6.07, 6.45) is 0.250. The third kappa shape index (κ3) is 6.71. The number of hydrogen-bond acceptors (Lipinski definition) is 4. The van der Waals surface area contributed by atoms with Gasteiger partial charge in [-0.1, -0.05) is 90.1 Å². The highest BCUT2D eigenvalue weighted by atomic mass is 32.2. The highest BCUT2D eigenvalue weighted by Gasteiger charge is 2.18. The Morgan fingerprint density at radius 3 is 2.24 bits per heavy atom. The van der Waals surface area contributed by atoms with Crippen LogP contribution in [0.5, 0.6) is 5.75 Å². The fourth-order valence-corrected chi connectivity index (χ4v) is 6.02. The van der Waals surface area contributed by atoms with Crippen molar-refractivity contribution in [1.29, 1.82) is 0 Å². The number of nitrogens with zero attached hydrogens (tertiary/aromatic N) is 2. The summed E-state index contributed by atoms with van der Waals surface area (Å²) in [6.45, 7) is 3.19. The molecule has 0 atom stereocenters. The molecule has 38 heavy (non-hydrogen) atoms. The summed E-state index contributed by atoms with van der Waals surface area (Å²) >= 11 is 3.15. The van der Waals surface area contributed by atoms with Crippen LogP contribution in [0.25, 0.3) is 10.1 Å². The second kappa shape index (κ2) is 12.1. The topological polar surface area (TPSA) is 52.9 Å². The number of thioether (sulfide) groups is 1. The average molecular weight is 537 g/mol. The van der Waals surface area contributed by atoms with Gasteiger partial charge in [-0.25, -0.2) is 0 Å². The maximum Gasteiger partial charge on any atom is 0.252 e. The number of amides is 1. The van der Waals surface area contributed by atoms with Crippen molar-refractivity contribution in [3.63, 3.8) is 0 Å². The number of phenolic OH excluding ortho intramolecular Hbond substituents is 1. The van der Waals surface area contributed by atoms with Crippen molar-refractivity contribution in [3.8, 4) is 5.75 Å². The highest BCUT2D eigenvalue weighted by Crippen LogP contribution is 2.28. The van der Waals surface area contributed by atoms with Crippen LogP contribution >= 0.6 is 23.1 Å². The van der Waals surface area contributed by atoms with Crippen LogP contribution in [0.15, 0.2) is 118 Å². The lowest BCUT2D eigenvalue weighted by molar-refractivity contribution is -0.117. The summed E-state index contributed by atoms with van der Waals surface area (Å²) in [5, 5.41) is 13.6. The molecular weight excluding hydrogens is 508 g/mol. The third-order valence-electron chi connectivity index (χ3n) is 6.15. The number of phenols is 1. The number of amidine groups is 1. The first-order valence-electron chi connectivity index (χ1n) is 12.4. The number of thiophene rings is 1. The predicted molar refractivity (Wildman–Crippen MR) is 159 cm³/mol. The van der Waals surface area contributed by atoms with E-state index in [4.69, 9.17) is 4.99 Å². The number of fused-ring (bicyclic) bond motifs is 1. The molecule has 0 saturated heterocycles. The van der Waals surface area contributed by atoms with Crippen LogP contribution in [0.3, 0.4) is 0 Å². The van der Waals surface area contributed by atoms with Gasteiger partial charge in [0.05, 0.1) is 6.42 Å². The number of aliphatic imine (C=N–C) groups is 1. The van der Waals surface area contributed by atoms with Crippen LogP contribution in [0.4, 0.5) is 0 Å². The van der Waals surface area contributed by atoms with Crippen LogP contribution in [0.2, 0.25) is 0 Å². The molecule has 0 fully saturated rings. The second-order valence-electron chi connectivity index (χ2n) is 9.15. The van der Waals surface area contributed by atoms with E-state index in [9.17, 15) is 9.90 Å². The van der Waals surface area contributed by atoms with Gasteiger partial charge in [-0.05, 0) is 64.7 Å². The van der Waals surface area contributed by atoms with Crippen LogP contribution < -0.4 is 0 Å². The van der Waals surface area contributed by atoms with E-state index in [1.165, 1.54) is 22.0 Å². The lowest BCUT2D eigenvalue weighted by Gasteiger charge is -2.26. The minimum atomic E-state index is -0.174. The highest BCUT2D eigenvalue weighted by molar-refractivity contribution is 8.13. The predicted octanol–water partition coefficient (Wildman–Crippen LogP) is 7.84. The Bertz CT molecular complexity index is 1540. The zero-order chi connectivity index (χ0) is 26.3. The van der Waals surface area contributed by atoms with Crippen molar-refractivity contribution in [2.75, 3.05) is 0 Å².